The molecule has 1 heterocycles. The molecule has 3 heteroatoms. The van der Waals surface area contributed by atoms with Crippen LogP contribution in [0.25, 0.3) is 65.4 Å². The van der Waals surface area contributed by atoms with Crippen LogP contribution in [-0.2, 0) is 0 Å². The zero-order valence-electron chi connectivity index (χ0n) is 34.3. The highest BCUT2D eigenvalue weighted by Gasteiger charge is 2.13. The number of hydrogen-bond donors (Lipinski definition) is 0. The zero-order valence-corrected chi connectivity index (χ0v) is 34.3. The van der Waals surface area contributed by atoms with E-state index in [2.05, 4.69) is 195 Å². The lowest BCUT2D eigenvalue weighted by atomic mass is 9.92. The first kappa shape index (κ1) is 38.8. The molecule has 0 bridgehead atoms. The van der Waals surface area contributed by atoms with Crippen molar-refractivity contribution in [2.45, 2.75) is 13.3 Å². The maximum atomic E-state index is 5.22. The van der Waals surface area contributed by atoms with Crippen LogP contribution >= 0.6 is 0 Å². The first-order valence-electron chi connectivity index (χ1n) is 20.7. The summed E-state index contributed by atoms with van der Waals surface area (Å²) in [6.45, 7) is 10.5. The number of hydrogen-bond acceptors (Lipinski definition) is 2. The van der Waals surface area contributed by atoms with Crippen molar-refractivity contribution in [2.24, 2.45) is 9.98 Å². The van der Waals surface area contributed by atoms with Gasteiger partial charge < -0.3 is 0 Å². The molecular formula is C58H45N3. The van der Waals surface area contributed by atoms with Gasteiger partial charge >= 0.3 is 0 Å². The zero-order chi connectivity index (χ0) is 41.5. The van der Waals surface area contributed by atoms with E-state index in [-0.39, 0.29) is 0 Å². The highest BCUT2D eigenvalue weighted by Crippen LogP contribution is 2.37. The third-order valence-corrected chi connectivity index (χ3v) is 11.5. The van der Waals surface area contributed by atoms with E-state index in [1.165, 1.54) is 43.3 Å². The lowest BCUT2D eigenvalue weighted by Gasteiger charge is -2.12. The van der Waals surface area contributed by atoms with Gasteiger partial charge in [0.2, 0.25) is 0 Å². The van der Waals surface area contributed by atoms with Crippen LogP contribution in [0.1, 0.15) is 35.6 Å². The van der Waals surface area contributed by atoms with Crippen LogP contribution in [0.4, 0.5) is 0 Å². The average Bonchev–Trinajstić information content (AvgIpc) is 3.57. The van der Waals surface area contributed by atoms with Crippen molar-refractivity contribution in [1.29, 1.82) is 0 Å². The molecule has 8 aromatic rings. The van der Waals surface area contributed by atoms with Gasteiger partial charge in [0, 0.05) is 34.5 Å². The molecule has 0 atom stereocenters. The molecule has 0 saturated heterocycles. The molecule has 292 valence electrons. The molecule has 0 saturated carbocycles. The summed E-state index contributed by atoms with van der Waals surface area (Å²) in [7, 11) is 0. The summed E-state index contributed by atoms with van der Waals surface area (Å²) >= 11 is 0. The van der Waals surface area contributed by atoms with Gasteiger partial charge in [-0.15, -0.1) is 0 Å². The van der Waals surface area contributed by atoms with Gasteiger partial charge in [-0.05, 0) is 96.6 Å². The van der Waals surface area contributed by atoms with E-state index >= 15 is 0 Å². The molecule has 1 aromatic heterocycles. The molecule has 0 spiro atoms. The Morgan fingerprint density at radius 1 is 0.639 bits per heavy atom. The predicted molar refractivity (Wildman–Crippen MR) is 264 cm³/mol. The van der Waals surface area contributed by atoms with Crippen molar-refractivity contribution in [1.82, 2.24) is 4.98 Å². The van der Waals surface area contributed by atoms with Gasteiger partial charge in [-0.2, -0.15) is 0 Å². The van der Waals surface area contributed by atoms with E-state index < -0.39 is 0 Å². The van der Waals surface area contributed by atoms with Gasteiger partial charge in [-0.25, -0.2) is 4.99 Å². The van der Waals surface area contributed by atoms with Gasteiger partial charge in [-0.1, -0.05) is 195 Å². The fourth-order valence-electron chi connectivity index (χ4n) is 8.23. The largest absolute Gasteiger partial charge is 0.263 e. The van der Waals surface area contributed by atoms with Crippen LogP contribution in [0.5, 0.6) is 0 Å². The molecular weight excluding hydrogens is 739 g/mol. The second-order valence-electron chi connectivity index (χ2n) is 15.3. The Kier molecular flexibility index (Phi) is 11.2. The molecule has 61 heavy (non-hydrogen) atoms. The number of benzene rings is 7. The monoisotopic (exact) mass is 783 g/mol. The van der Waals surface area contributed by atoms with Crippen LogP contribution in [0, 0.1) is 0 Å². The third-order valence-electron chi connectivity index (χ3n) is 11.5. The van der Waals surface area contributed by atoms with Crippen LogP contribution < -0.4 is 0 Å². The quantitative estimate of drug-likeness (QED) is 0.0589. The first-order chi connectivity index (χ1) is 30.1. The Hall–Kier alpha value is -7.75. The van der Waals surface area contributed by atoms with Crippen LogP contribution in [-0.4, -0.2) is 23.1 Å². The second-order valence-corrected chi connectivity index (χ2v) is 15.3. The van der Waals surface area contributed by atoms with E-state index in [0.29, 0.717) is 12.4 Å². The van der Waals surface area contributed by atoms with E-state index in [1.54, 1.807) is 6.08 Å². The molecule has 1 aliphatic rings. The second kappa shape index (κ2) is 17.6. The predicted octanol–water partition coefficient (Wildman–Crippen LogP) is 14.9. The molecule has 0 N–H and O–H groups in total. The number of amidine groups is 1. The summed E-state index contributed by atoms with van der Waals surface area (Å²) in [5.41, 5.74) is 10.8. The van der Waals surface area contributed by atoms with Crippen LogP contribution in [0.3, 0.4) is 0 Å². The number of aliphatic imine (C=N–C) groups is 2. The van der Waals surface area contributed by atoms with E-state index in [0.717, 1.165) is 62.0 Å². The highest BCUT2D eigenvalue weighted by molar-refractivity contribution is 6.25. The van der Waals surface area contributed by atoms with E-state index in [4.69, 9.17) is 9.98 Å². The Morgan fingerprint density at radius 3 is 1.97 bits per heavy atom. The molecule has 0 unspecified atom stereocenters. The summed E-state index contributed by atoms with van der Waals surface area (Å²) < 4.78 is 0. The third kappa shape index (κ3) is 8.15. The van der Waals surface area contributed by atoms with Crippen molar-refractivity contribution < 1.29 is 0 Å². The number of allylic oxidation sites excluding steroid dienone is 10. The van der Waals surface area contributed by atoms with Crippen molar-refractivity contribution in [2.75, 3.05) is 6.54 Å². The lowest BCUT2D eigenvalue weighted by Crippen LogP contribution is -2.06. The van der Waals surface area contributed by atoms with Crippen LogP contribution in [0.2, 0.25) is 0 Å². The van der Waals surface area contributed by atoms with Crippen molar-refractivity contribution in [3.8, 4) is 11.1 Å². The number of nitrogens with zero attached hydrogens (tertiary/aromatic N) is 3. The summed E-state index contributed by atoms with van der Waals surface area (Å²) in [6, 6.07) is 49.8. The summed E-state index contributed by atoms with van der Waals surface area (Å²) in [6.07, 6.45) is 23.0. The van der Waals surface area contributed by atoms with Gasteiger partial charge in [0.05, 0.1) is 12.3 Å². The van der Waals surface area contributed by atoms with Gasteiger partial charge in [-0.3, -0.25) is 9.98 Å². The minimum absolute atomic E-state index is 0.475. The van der Waals surface area contributed by atoms with Crippen molar-refractivity contribution in [3.63, 3.8) is 0 Å². The molecule has 1 aliphatic carbocycles. The number of rotatable bonds is 10. The molecule has 9 rings (SSSR count). The lowest BCUT2D eigenvalue weighted by molar-refractivity contribution is 1.15. The molecule has 3 nitrogen and oxygen atoms in total. The summed E-state index contributed by atoms with van der Waals surface area (Å²) in [5.74, 6) is 0.650. The topological polar surface area (TPSA) is 37.6 Å². The smallest absolute Gasteiger partial charge is 0.155 e. The fourth-order valence-corrected chi connectivity index (χ4v) is 8.23. The Bertz CT molecular complexity index is 3160. The average molecular weight is 784 g/mol. The van der Waals surface area contributed by atoms with Crippen molar-refractivity contribution >= 4 is 65.8 Å². The van der Waals surface area contributed by atoms with Crippen molar-refractivity contribution in [3.05, 3.63) is 248 Å². The fraction of sp³-hybridized carbons (Fsp3) is 0.0517. The summed E-state index contributed by atoms with van der Waals surface area (Å²) in [4.78, 5) is 15.0. The molecule has 0 amide bonds. The standard InChI is InChI=1S/C58H45N3/c1-4-6-7-15-40(3)42-26-30-45(31-27-42)57(5-2)61-58(60-37-41-16-14-18-44(25-24-41)56-39-59-38-48-17-8-9-19-49(48)56)46-32-28-43(29-33-46)47-34-35-54-52-22-11-10-20-50(52)51-21-12-13-23-53(51)55(54)36-47/h4-24,26-36,38-39H,1-2,25,37H2,3H3/b7-6-,40-15+,60-58?,61-57?. The minimum Gasteiger partial charge on any atom is -0.263 e. The van der Waals surface area contributed by atoms with E-state index in [9.17, 15) is 0 Å². The van der Waals surface area contributed by atoms with Gasteiger partial charge in [0.1, 0.15) is 0 Å². The van der Waals surface area contributed by atoms with Crippen LogP contribution in [0.15, 0.2) is 235 Å². The normalized spacial score (nSPS) is 13.8. The maximum Gasteiger partial charge on any atom is 0.155 e. The number of fused-ring (bicyclic) bond motifs is 7. The van der Waals surface area contributed by atoms with E-state index in [1.807, 2.05) is 30.6 Å². The Labute approximate surface area is 357 Å². The Morgan fingerprint density at radius 2 is 1.26 bits per heavy atom. The summed E-state index contributed by atoms with van der Waals surface area (Å²) in [5, 5.41) is 9.94. The number of aromatic nitrogens is 1. The van der Waals surface area contributed by atoms with Gasteiger partial charge in [0.15, 0.2) is 5.84 Å². The highest BCUT2D eigenvalue weighted by atomic mass is 14.9. The number of pyridine rings is 1. The molecule has 0 aliphatic heterocycles. The molecule has 0 fully saturated rings. The van der Waals surface area contributed by atoms with Gasteiger partial charge in [0.25, 0.3) is 0 Å². The molecule has 7 aromatic carbocycles. The molecule has 0 radical (unpaired) electrons. The maximum absolute atomic E-state index is 5.22. The SMILES string of the molecule is C=C/C=C\C=C(/C)c1ccc(C(C=C)=NC(=NCC2=CCC(c3cncc4ccccc34)=CC=C2)c2ccc(-c3ccc4c5ccccc5c5ccccc5c4c3)cc2)cc1. The Balaban J connectivity index is 1.06. The minimum atomic E-state index is 0.475. The first-order valence-corrected chi connectivity index (χ1v) is 20.7.